The number of nitrogens with one attached hydrogen (secondary N) is 1. The highest BCUT2D eigenvalue weighted by Gasteiger charge is 2.46. The Bertz CT molecular complexity index is 1150. The van der Waals surface area contributed by atoms with E-state index in [9.17, 15) is 9.90 Å². The summed E-state index contributed by atoms with van der Waals surface area (Å²) in [7, 11) is 1.94. The van der Waals surface area contributed by atoms with Gasteiger partial charge in [-0.3, -0.25) is 9.48 Å². The topological polar surface area (TPSA) is 70.4 Å². The summed E-state index contributed by atoms with van der Waals surface area (Å²) in [5, 5.41) is 18.0. The average Bonchev–Trinajstić information content (AvgIpc) is 3.33. The van der Waals surface area contributed by atoms with Crippen LogP contribution in [0.1, 0.15) is 52.5 Å². The predicted molar refractivity (Wildman–Crippen MR) is 111 cm³/mol. The third-order valence-electron chi connectivity index (χ3n) is 6.81. The van der Waals surface area contributed by atoms with Crippen LogP contribution >= 0.6 is 0 Å². The summed E-state index contributed by atoms with van der Waals surface area (Å²) >= 11 is 0. The molecule has 1 aromatic carbocycles. The van der Waals surface area contributed by atoms with Crippen LogP contribution in [-0.4, -0.2) is 32.9 Å². The number of fused-ring (bicyclic) bond motifs is 10. The van der Waals surface area contributed by atoms with E-state index >= 15 is 0 Å². The number of carbonyl (C=O) groups is 1. The van der Waals surface area contributed by atoms with E-state index in [-0.39, 0.29) is 17.9 Å². The Hall–Kier alpha value is -3.02. The van der Waals surface area contributed by atoms with Gasteiger partial charge >= 0.3 is 0 Å². The molecule has 29 heavy (non-hydrogen) atoms. The molecule has 0 saturated carbocycles. The van der Waals surface area contributed by atoms with Crippen LogP contribution in [0.25, 0.3) is 11.1 Å². The van der Waals surface area contributed by atoms with Crippen molar-refractivity contribution in [2.24, 2.45) is 7.05 Å². The number of carbonyl (C=O) groups excluding carboxylic acids is 1. The zero-order valence-corrected chi connectivity index (χ0v) is 16.9. The molecule has 1 amide bonds. The summed E-state index contributed by atoms with van der Waals surface area (Å²) < 4.78 is 1.86. The fourth-order valence-corrected chi connectivity index (χ4v) is 5.84. The van der Waals surface area contributed by atoms with Gasteiger partial charge in [-0.2, -0.15) is 5.10 Å². The second-order valence-corrected chi connectivity index (χ2v) is 8.78. The molecule has 6 nitrogen and oxygen atoms in total. The normalized spacial score (nSPS) is 23.4. The van der Waals surface area contributed by atoms with E-state index in [0.29, 0.717) is 18.3 Å². The lowest BCUT2D eigenvalue weighted by Gasteiger charge is -2.34. The molecule has 0 saturated heterocycles. The number of anilines is 1. The number of aliphatic hydroxyl groups is 1. The molecule has 0 fully saturated rings. The second kappa shape index (κ2) is 5.53. The van der Waals surface area contributed by atoms with E-state index in [4.69, 9.17) is 0 Å². The summed E-state index contributed by atoms with van der Waals surface area (Å²) in [5.41, 5.74) is 8.91. The van der Waals surface area contributed by atoms with Crippen molar-refractivity contribution >= 4 is 11.6 Å². The van der Waals surface area contributed by atoms with Crippen molar-refractivity contribution in [2.75, 3.05) is 4.90 Å². The summed E-state index contributed by atoms with van der Waals surface area (Å²) in [6, 6.07) is 0.479. The highest BCUT2D eigenvalue weighted by atomic mass is 16.3. The molecular weight excluding hydrogens is 364 g/mol. The number of hydrogen-bond donors (Lipinski definition) is 2. The van der Waals surface area contributed by atoms with Gasteiger partial charge in [0.1, 0.15) is 5.76 Å². The minimum absolute atomic E-state index is 0.00912. The Labute approximate surface area is 169 Å². The predicted octanol–water partition coefficient (Wildman–Crippen LogP) is 3.12. The highest BCUT2D eigenvalue weighted by molar-refractivity contribution is 6.08. The van der Waals surface area contributed by atoms with E-state index in [1.54, 1.807) is 6.08 Å². The zero-order chi connectivity index (χ0) is 20.0. The summed E-state index contributed by atoms with van der Waals surface area (Å²) in [6.07, 6.45) is 9.69. The number of amides is 1. The first-order valence-corrected chi connectivity index (χ1v) is 10.4. The van der Waals surface area contributed by atoms with E-state index in [2.05, 4.69) is 41.4 Å². The fraction of sp³-hybridized carbons (Fsp3) is 0.391. The molecule has 2 unspecified atom stereocenters. The average molecular weight is 388 g/mol. The van der Waals surface area contributed by atoms with Crippen LogP contribution in [0.2, 0.25) is 0 Å². The maximum absolute atomic E-state index is 13.0. The fourth-order valence-electron chi connectivity index (χ4n) is 5.84. The zero-order valence-electron chi connectivity index (χ0n) is 16.9. The van der Waals surface area contributed by atoms with E-state index in [1.165, 1.54) is 16.8 Å². The third-order valence-corrected chi connectivity index (χ3v) is 6.81. The Morgan fingerprint density at radius 1 is 1.24 bits per heavy atom. The SMILES string of the molecule is CC(C)N1c2c3c(c4c(c2C2C=C(O)C=CC21)CNC4=O)-c1cn(C)nc1CC3. The van der Waals surface area contributed by atoms with E-state index < -0.39 is 0 Å². The lowest BCUT2D eigenvalue weighted by atomic mass is 9.79. The first-order chi connectivity index (χ1) is 14.0. The summed E-state index contributed by atoms with van der Waals surface area (Å²) in [4.78, 5) is 15.5. The van der Waals surface area contributed by atoms with Gasteiger partial charge in [-0.15, -0.1) is 0 Å². The van der Waals surface area contributed by atoms with Crippen LogP contribution in [0.4, 0.5) is 5.69 Å². The van der Waals surface area contributed by atoms with Crippen molar-refractivity contribution in [3.05, 3.63) is 58.1 Å². The van der Waals surface area contributed by atoms with Gasteiger partial charge < -0.3 is 15.3 Å². The van der Waals surface area contributed by atoms with Crippen molar-refractivity contribution in [2.45, 2.75) is 51.2 Å². The monoisotopic (exact) mass is 388 g/mol. The molecule has 2 N–H and O–H groups in total. The van der Waals surface area contributed by atoms with Gasteiger partial charge in [-0.25, -0.2) is 0 Å². The Balaban J connectivity index is 1.73. The number of nitrogens with zero attached hydrogens (tertiary/aromatic N) is 3. The molecule has 1 aromatic heterocycles. The molecule has 0 bridgehead atoms. The van der Waals surface area contributed by atoms with Crippen molar-refractivity contribution in [1.82, 2.24) is 15.1 Å². The van der Waals surface area contributed by atoms with Crippen molar-refractivity contribution in [1.29, 1.82) is 0 Å². The molecular formula is C23H24N4O2. The number of benzene rings is 1. The molecule has 2 atom stereocenters. The number of allylic oxidation sites excluding steroid dienone is 1. The second-order valence-electron chi connectivity index (χ2n) is 8.78. The van der Waals surface area contributed by atoms with Gasteiger partial charge in [0, 0.05) is 48.6 Å². The molecule has 2 aliphatic heterocycles. The first kappa shape index (κ1) is 16.9. The Morgan fingerprint density at radius 2 is 2.07 bits per heavy atom. The van der Waals surface area contributed by atoms with Gasteiger partial charge in [-0.05, 0) is 55.5 Å². The van der Waals surface area contributed by atoms with Crippen LogP contribution in [-0.2, 0) is 26.4 Å². The lowest BCUT2D eigenvalue weighted by Crippen LogP contribution is -2.39. The van der Waals surface area contributed by atoms with Gasteiger partial charge in [0.25, 0.3) is 5.91 Å². The minimum Gasteiger partial charge on any atom is -0.508 e. The molecule has 6 rings (SSSR count). The molecule has 0 radical (unpaired) electrons. The number of aromatic nitrogens is 2. The van der Waals surface area contributed by atoms with Crippen LogP contribution in [0, 0.1) is 0 Å². The number of rotatable bonds is 1. The van der Waals surface area contributed by atoms with Crippen molar-refractivity contribution in [3.8, 4) is 11.1 Å². The van der Waals surface area contributed by atoms with Crippen LogP contribution in [0.15, 0.2) is 30.2 Å². The molecule has 148 valence electrons. The number of aryl methyl sites for hydroxylation is 2. The minimum atomic E-state index is 0.00912. The Morgan fingerprint density at radius 3 is 2.86 bits per heavy atom. The lowest BCUT2D eigenvalue weighted by molar-refractivity contribution is 0.0966. The molecule has 2 aromatic rings. The van der Waals surface area contributed by atoms with Gasteiger partial charge in [0.15, 0.2) is 0 Å². The summed E-state index contributed by atoms with van der Waals surface area (Å²) in [6.45, 7) is 4.99. The van der Waals surface area contributed by atoms with Gasteiger partial charge in [0.2, 0.25) is 0 Å². The van der Waals surface area contributed by atoms with Gasteiger partial charge in [0.05, 0.1) is 17.3 Å². The quantitative estimate of drug-likeness (QED) is 0.788. The van der Waals surface area contributed by atoms with Crippen LogP contribution in [0.5, 0.6) is 0 Å². The largest absolute Gasteiger partial charge is 0.508 e. The molecule has 6 heteroatoms. The molecule has 3 heterocycles. The highest BCUT2D eigenvalue weighted by Crippen LogP contribution is 2.55. The molecule has 2 aliphatic carbocycles. The maximum Gasteiger partial charge on any atom is 0.252 e. The van der Waals surface area contributed by atoms with Crippen LogP contribution in [0.3, 0.4) is 0 Å². The van der Waals surface area contributed by atoms with Crippen molar-refractivity contribution < 1.29 is 9.90 Å². The number of hydrogen-bond acceptors (Lipinski definition) is 4. The standard InChI is InChI=1S/C23H24N4O2/c1-11(2)27-18-7-4-12(28)8-14(18)20-15-9-24-23(29)21(15)19-13(22(20)27)5-6-17-16(19)10-26(3)25-17/h4,7-8,10-11,14,18,28H,5-6,9H2,1-3H3,(H,24,29). The first-order valence-electron chi connectivity index (χ1n) is 10.4. The maximum atomic E-state index is 13.0. The third kappa shape index (κ3) is 2.06. The van der Waals surface area contributed by atoms with Gasteiger partial charge in [-0.1, -0.05) is 6.08 Å². The molecule has 0 spiro atoms. The smallest absolute Gasteiger partial charge is 0.252 e. The van der Waals surface area contributed by atoms with Crippen molar-refractivity contribution in [3.63, 3.8) is 0 Å². The van der Waals surface area contributed by atoms with Crippen LogP contribution < -0.4 is 10.2 Å². The summed E-state index contributed by atoms with van der Waals surface area (Å²) in [5.74, 6) is 0.385. The van der Waals surface area contributed by atoms with E-state index in [1.807, 2.05) is 17.8 Å². The molecule has 4 aliphatic rings. The Kier molecular flexibility index (Phi) is 3.22. The van der Waals surface area contributed by atoms with E-state index in [0.717, 1.165) is 40.8 Å². The number of aliphatic hydroxyl groups excluding tert-OH is 1.